The van der Waals surface area contributed by atoms with Gasteiger partial charge in [-0.15, -0.1) is 0 Å². The number of hydrogen-bond acceptors (Lipinski definition) is 1. The third-order valence-corrected chi connectivity index (χ3v) is 7.46. The smallest absolute Gasteiger partial charge is 0.119 e. The van der Waals surface area contributed by atoms with Crippen LogP contribution in [0.3, 0.4) is 0 Å². The Morgan fingerprint density at radius 1 is 1.07 bits per heavy atom. The van der Waals surface area contributed by atoms with Crippen molar-refractivity contribution in [3.05, 3.63) is 77.9 Å². The number of ether oxygens (including phenoxy) is 1. The molecule has 2 aliphatic rings. The lowest BCUT2D eigenvalue weighted by atomic mass is 9.66. The number of fused-ring (bicyclic) bond motifs is 1. The molecule has 4 rings (SSSR count). The fourth-order valence-electron chi connectivity index (χ4n) is 6.08. The lowest BCUT2D eigenvalue weighted by Gasteiger charge is -2.36. The summed E-state index contributed by atoms with van der Waals surface area (Å²) in [5.74, 6) is 1.64. The van der Waals surface area contributed by atoms with Crippen LogP contribution in [0.25, 0.3) is 11.1 Å². The highest BCUT2D eigenvalue weighted by molar-refractivity contribution is 5.90. The number of unbranched alkanes of at least 4 members (excludes halogenated alkanes) is 3. The fraction of sp³-hybridized carbons (Fsp3) is 0.448. The van der Waals surface area contributed by atoms with Gasteiger partial charge in [-0.3, -0.25) is 0 Å². The maximum absolute atomic E-state index is 5.61. The summed E-state index contributed by atoms with van der Waals surface area (Å²) < 4.78 is 5.61. The predicted octanol–water partition coefficient (Wildman–Crippen LogP) is 8.32. The van der Waals surface area contributed by atoms with Crippen molar-refractivity contribution in [2.45, 2.75) is 64.7 Å². The maximum Gasteiger partial charge on any atom is 0.119 e. The second-order valence-electron chi connectivity index (χ2n) is 9.13. The normalized spacial score (nSPS) is 22.9. The SMILES string of the molecule is C=C(c1ccccc1)[C@@]12CCC[C@@H]1CC(CCCCCC)=C2c1cccc(OC)c1. The van der Waals surface area contributed by atoms with Crippen LogP contribution in [-0.4, -0.2) is 7.11 Å². The van der Waals surface area contributed by atoms with Crippen LogP contribution in [0.15, 0.2) is 66.7 Å². The molecule has 2 aromatic carbocycles. The molecule has 0 aromatic heterocycles. The van der Waals surface area contributed by atoms with E-state index in [4.69, 9.17) is 11.3 Å². The van der Waals surface area contributed by atoms with Crippen LogP contribution in [0, 0.1) is 11.3 Å². The van der Waals surface area contributed by atoms with Gasteiger partial charge in [-0.25, -0.2) is 0 Å². The number of rotatable bonds is 9. The zero-order valence-electron chi connectivity index (χ0n) is 18.8. The summed E-state index contributed by atoms with van der Waals surface area (Å²) in [6.07, 6.45) is 11.6. The minimum absolute atomic E-state index is 0.0772. The molecule has 1 nitrogen and oxygen atoms in total. The fourth-order valence-corrected chi connectivity index (χ4v) is 6.08. The number of hydrogen-bond donors (Lipinski definition) is 0. The van der Waals surface area contributed by atoms with Crippen molar-refractivity contribution in [2.75, 3.05) is 7.11 Å². The first kappa shape index (κ1) is 21.0. The maximum atomic E-state index is 5.61. The molecule has 158 valence electrons. The van der Waals surface area contributed by atoms with Gasteiger partial charge in [0.05, 0.1) is 7.11 Å². The molecular formula is C29H36O. The highest BCUT2D eigenvalue weighted by Gasteiger charge is 2.52. The highest BCUT2D eigenvalue weighted by Crippen LogP contribution is 2.66. The van der Waals surface area contributed by atoms with Gasteiger partial charge >= 0.3 is 0 Å². The largest absolute Gasteiger partial charge is 0.497 e. The van der Waals surface area contributed by atoms with Gasteiger partial charge in [0.15, 0.2) is 0 Å². The van der Waals surface area contributed by atoms with Crippen LogP contribution in [0.4, 0.5) is 0 Å². The molecule has 1 fully saturated rings. The van der Waals surface area contributed by atoms with E-state index in [1.54, 1.807) is 18.3 Å². The Balaban J connectivity index is 1.80. The zero-order chi connectivity index (χ0) is 21.0. The Kier molecular flexibility index (Phi) is 6.46. The molecule has 0 unspecified atom stereocenters. The molecule has 0 radical (unpaired) electrons. The summed E-state index contributed by atoms with van der Waals surface area (Å²) in [6.45, 7) is 7.03. The van der Waals surface area contributed by atoms with Crippen LogP contribution < -0.4 is 4.74 Å². The van der Waals surface area contributed by atoms with E-state index in [2.05, 4.69) is 61.5 Å². The molecule has 0 amide bonds. The molecule has 0 spiro atoms. The third kappa shape index (κ3) is 3.75. The van der Waals surface area contributed by atoms with Crippen molar-refractivity contribution in [1.82, 2.24) is 0 Å². The minimum atomic E-state index is 0.0772. The molecular weight excluding hydrogens is 364 g/mol. The molecule has 0 N–H and O–H groups in total. The van der Waals surface area contributed by atoms with Gasteiger partial charge in [-0.1, -0.05) is 87.2 Å². The topological polar surface area (TPSA) is 9.23 Å². The summed E-state index contributed by atoms with van der Waals surface area (Å²) >= 11 is 0. The summed E-state index contributed by atoms with van der Waals surface area (Å²) in [6, 6.07) is 19.7. The number of methoxy groups -OCH3 is 1. The van der Waals surface area contributed by atoms with E-state index >= 15 is 0 Å². The lowest BCUT2D eigenvalue weighted by Crippen LogP contribution is -2.24. The van der Waals surface area contributed by atoms with Crippen molar-refractivity contribution in [3.8, 4) is 5.75 Å². The average Bonchev–Trinajstić information content (AvgIpc) is 3.33. The van der Waals surface area contributed by atoms with Gasteiger partial charge in [-0.05, 0) is 72.4 Å². The third-order valence-electron chi connectivity index (χ3n) is 7.46. The Morgan fingerprint density at radius 2 is 1.90 bits per heavy atom. The first-order valence-electron chi connectivity index (χ1n) is 11.8. The van der Waals surface area contributed by atoms with Gasteiger partial charge in [-0.2, -0.15) is 0 Å². The van der Waals surface area contributed by atoms with Crippen LogP contribution in [0.2, 0.25) is 0 Å². The molecule has 30 heavy (non-hydrogen) atoms. The predicted molar refractivity (Wildman–Crippen MR) is 129 cm³/mol. The van der Waals surface area contributed by atoms with Gasteiger partial charge in [0.2, 0.25) is 0 Å². The van der Waals surface area contributed by atoms with Crippen molar-refractivity contribution in [3.63, 3.8) is 0 Å². The summed E-state index contributed by atoms with van der Waals surface area (Å²) in [7, 11) is 1.77. The van der Waals surface area contributed by atoms with E-state index in [0.717, 1.165) is 5.75 Å². The standard InChI is InChI=1S/C29H36O/c1-4-5-6-8-15-24-20-26-17-12-19-29(26,22(2)23-13-9-7-10-14-23)28(24)25-16-11-18-27(21-25)30-3/h7,9-11,13-14,16,18,21,26H,2,4-6,8,12,15,17,19-20H2,1,3H3/t26-,29+/m1/s1. The number of benzene rings is 2. The second kappa shape index (κ2) is 9.25. The first-order chi connectivity index (χ1) is 14.7. The molecule has 1 saturated carbocycles. The first-order valence-corrected chi connectivity index (χ1v) is 11.8. The quantitative estimate of drug-likeness (QED) is 0.384. The molecule has 0 saturated heterocycles. The van der Waals surface area contributed by atoms with Gasteiger partial charge < -0.3 is 4.74 Å². The molecule has 2 aromatic rings. The number of allylic oxidation sites excluding steroid dienone is 3. The van der Waals surface area contributed by atoms with Crippen molar-refractivity contribution in [1.29, 1.82) is 0 Å². The lowest BCUT2D eigenvalue weighted by molar-refractivity contribution is 0.405. The Labute approximate surface area is 182 Å². The summed E-state index contributed by atoms with van der Waals surface area (Å²) in [5, 5.41) is 0. The Morgan fingerprint density at radius 3 is 2.67 bits per heavy atom. The Bertz CT molecular complexity index is 907. The molecule has 0 aliphatic heterocycles. The van der Waals surface area contributed by atoms with Gasteiger partial charge in [0.25, 0.3) is 0 Å². The van der Waals surface area contributed by atoms with E-state index in [9.17, 15) is 0 Å². The molecule has 0 heterocycles. The van der Waals surface area contributed by atoms with Gasteiger partial charge in [0, 0.05) is 5.41 Å². The Hall–Kier alpha value is -2.28. The molecule has 2 aliphatic carbocycles. The minimum Gasteiger partial charge on any atom is -0.497 e. The second-order valence-corrected chi connectivity index (χ2v) is 9.13. The molecule has 2 atom stereocenters. The average molecular weight is 401 g/mol. The van der Waals surface area contributed by atoms with E-state index < -0.39 is 0 Å². The zero-order valence-corrected chi connectivity index (χ0v) is 18.8. The summed E-state index contributed by atoms with van der Waals surface area (Å²) in [4.78, 5) is 0. The van der Waals surface area contributed by atoms with E-state index in [0.29, 0.717) is 5.92 Å². The van der Waals surface area contributed by atoms with E-state index in [-0.39, 0.29) is 5.41 Å². The van der Waals surface area contributed by atoms with Crippen molar-refractivity contribution < 1.29 is 4.74 Å². The molecule has 0 bridgehead atoms. The van der Waals surface area contributed by atoms with Crippen LogP contribution in [0.1, 0.15) is 75.8 Å². The summed E-state index contributed by atoms with van der Waals surface area (Å²) in [5.41, 5.74) is 7.31. The van der Waals surface area contributed by atoms with Gasteiger partial charge in [0.1, 0.15) is 5.75 Å². The van der Waals surface area contributed by atoms with Crippen LogP contribution in [0.5, 0.6) is 5.75 Å². The van der Waals surface area contributed by atoms with E-state index in [1.807, 2.05) is 0 Å². The molecule has 1 heteroatoms. The van der Waals surface area contributed by atoms with Crippen LogP contribution in [-0.2, 0) is 0 Å². The van der Waals surface area contributed by atoms with Crippen LogP contribution >= 0.6 is 0 Å². The monoisotopic (exact) mass is 400 g/mol. The van der Waals surface area contributed by atoms with Crippen molar-refractivity contribution >= 4 is 11.1 Å². The van der Waals surface area contributed by atoms with Crippen molar-refractivity contribution in [2.24, 2.45) is 11.3 Å². The van der Waals surface area contributed by atoms with E-state index in [1.165, 1.54) is 74.5 Å². The highest BCUT2D eigenvalue weighted by atomic mass is 16.5.